The van der Waals surface area contributed by atoms with Crippen molar-refractivity contribution in [3.63, 3.8) is 0 Å². The zero-order valence-corrected chi connectivity index (χ0v) is 16.3. The zero-order chi connectivity index (χ0) is 21.8. The van der Waals surface area contributed by atoms with Crippen molar-refractivity contribution in [3.8, 4) is 29.7 Å². The molecule has 0 radical (unpaired) electrons. The maximum absolute atomic E-state index is 13.5. The van der Waals surface area contributed by atoms with Crippen molar-refractivity contribution in [1.29, 1.82) is 0 Å². The topological polar surface area (TPSA) is 86.2 Å². The number of halogens is 1. The van der Waals surface area contributed by atoms with E-state index >= 15 is 0 Å². The van der Waals surface area contributed by atoms with Gasteiger partial charge in [-0.3, -0.25) is 4.79 Å². The monoisotopic (exact) mass is 414 g/mol. The number of pyridine rings is 1. The third-order valence-electron chi connectivity index (χ3n) is 4.26. The molecule has 0 aliphatic carbocycles. The van der Waals surface area contributed by atoms with Gasteiger partial charge in [0.1, 0.15) is 11.5 Å². The Morgan fingerprint density at radius 3 is 2.52 bits per heavy atom. The van der Waals surface area contributed by atoms with Crippen molar-refractivity contribution in [2.24, 2.45) is 0 Å². The summed E-state index contributed by atoms with van der Waals surface area (Å²) in [4.78, 5) is 25.9. The number of para-hydroxylation sites is 2. The predicted molar refractivity (Wildman–Crippen MR) is 113 cm³/mol. The Morgan fingerprint density at radius 1 is 1.06 bits per heavy atom. The summed E-state index contributed by atoms with van der Waals surface area (Å²) in [6.45, 7) is 0. The molecule has 0 unspecified atom stereocenters. The first-order valence-corrected chi connectivity index (χ1v) is 9.09. The molecule has 0 atom stereocenters. The fourth-order valence-corrected chi connectivity index (χ4v) is 2.78. The molecule has 7 nitrogen and oxygen atoms in total. The Labute approximate surface area is 176 Å². The van der Waals surface area contributed by atoms with Gasteiger partial charge in [-0.1, -0.05) is 18.1 Å². The number of rotatable bonds is 5. The van der Waals surface area contributed by atoms with Crippen LogP contribution < -0.4 is 14.8 Å². The Bertz CT molecular complexity index is 1320. The third kappa shape index (κ3) is 4.26. The molecule has 4 aromatic rings. The molecule has 1 amide bonds. The number of ether oxygens (including phenoxy) is 2. The van der Waals surface area contributed by atoms with Crippen LogP contribution in [-0.4, -0.2) is 28.0 Å². The van der Waals surface area contributed by atoms with Crippen LogP contribution in [0.3, 0.4) is 0 Å². The van der Waals surface area contributed by atoms with E-state index in [1.54, 1.807) is 36.4 Å². The average molecular weight is 414 g/mol. The highest BCUT2D eigenvalue weighted by Gasteiger charge is 2.20. The SMILES string of the molecule is C#Cc1ccc(NC(=O)c2nc3ccccc3nc2Oc2ccc(F)cc2OC)cn1. The van der Waals surface area contributed by atoms with Crippen LogP contribution >= 0.6 is 0 Å². The van der Waals surface area contributed by atoms with Gasteiger partial charge < -0.3 is 14.8 Å². The summed E-state index contributed by atoms with van der Waals surface area (Å²) in [5.41, 5.74) is 1.83. The van der Waals surface area contributed by atoms with Crippen LogP contribution in [0, 0.1) is 18.2 Å². The minimum Gasteiger partial charge on any atom is -0.493 e. The molecule has 8 heteroatoms. The van der Waals surface area contributed by atoms with Gasteiger partial charge in [0.25, 0.3) is 11.8 Å². The molecule has 1 N–H and O–H groups in total. The van der Waals surface area contributed by atoms with Crippen molar-refractivity contribution >= 4 is 22.6 Å². The zero-order valence-electron chi connectivity index (χ0n) is 16.3. The summed E-state index contributed by atoms with van der Waals surface area (Å²) in [5.74, 6) is 1.62. The van der Waals surface area contributed by atoms with Gasteiger partial charge >= 0.3 is 0 Å². The number of benzene rings is 2. The van der Waals surface area contributed by atoms with Gasteiger partial charge in [-0.2, -0.15) is 0 Å². The smallest absolute Gasteiger partial charge is 0.279 e. The molecule has 0 fully saturated rings. The van der Waals surface area contributed by atoms with Gasteiger partial charge in [-0.25, -0.2) is 19.3 Å². The van der Waals surface area contributed by atoms with Crippen molar-refractivity contribution in [2.45, 2.75) is 0 Å². The van der Waals surface area contributed by atoms with Crippen molar-refractivity contribution in [2.75, 3.05) is 12.4 Å². The summed E-state index contributed by atoms with van der Waals surface area (Å²) in [5, 5.41) is 2.69. The number of methoxy groups -OCH3 is 1. The van der Waals surface area contributed by atoms with E-state index in [0.29, 0.717) is 22.4 Å². The second kappa shape index (κ2) is 8.47. The second-order valence-corrected chi connectivity index (χ2v) is 6.29. The molecular formula is C23H15FN4O3. The molecule has 4 rings (SSSR count). The van der Waals surface area contributed by atoms with Crippen LogP contribution in [0.4, 0.5) is 10.1 Å². The lowest BCUT2D eigenvalue weighted by Gasteiger charge is -2.13. The van der Waals surface area contributed by atoms with E-state index in [1.165, 1.54) is 31.5 Å². The number of nitrogens with one attached hydrogen (secondary N) is 1. The van der Waals surface area contributed by atoms with Gasteiger partial charge in [0.15, 0.2) is 17.2 Å². The highest BCUT2D eigenvalue weighted by Crippen LogP contribution is 2.33. The van der Waals surface area contributed by atoms with Crippen LogP contribution in [0.2, 0.25) is 0 Å². The Kier molecular flexibility index (Phi) is 5.41. The molecule has 0 saturated heterocycles. The maximum Gasteiger partial charge on any atom is 0.279 e. The van der Waals surface area contributed by atoms with Crippen molar-refractivity contribution in [3.05, 3.63) is 78.0 Å². The van der Waals surface area contributed by atoms with Crippen LogP contribution in [0.1, 0.15) is 16.2 Å². The molecule has 0 bridgehead atoms. The van der Waals surface area contributed by atoms with Crippen LogP contribution in [0.5, 0.6) is 17.4 Å². The second-order valence-electron chi connectivity index (χ2n) is 6.29. The number of terminal acetylenes is 1. The minimum atomic E-state index is -0.565. The van der Waals surface area contributed by atoms with Gasteiger partial charge in [0, 0.05) is 6.07 Å². The van der Waals surface area contributed by atoms with E-state index in [2.05, 4.69) is 26.2 Å². The van der Waals surface area contributed by atoms with E-state index in [0.717, 1.165) is 0 Å². The number of carbonyl (C=O) groups excluding carboxylic acids is 1. The Morgan fingerprint density at radius 2 is 1.84 bits per heavy atom. The Hall–Kier alpha value is -4.51. The van der Waals surface area contributed by atoms with Gasteiger partial charge in [-0.05, 0) is 36.4 Å². The first-order chi connectivity index (χ1) is 15.1. The quantitative estimate of drug-likeness (QED) is 0.493. The Balaban J connectivity index is 1.74. The highest BCUT2D eigenvalue weighted by atomic mass is 19.1. The third-order valence-corrected chi connectivity index (χ3v) is 4.26. The van der Waals surface area contributed by atoms with Gasteiger partial charge in [-0.15, -0.1) is 6.42 Å². The van der Waals surface area contributed by atoms with E-state index < -0.39 is 11.7 Å². The van der Waals surface area contributed by atoms with E-state index in [4.69, 9.17) is 15.9 Å². The maximum atomic E-state index is 13.5. The molecule has 31 heavy (non-hydrogen) atoms. The number of aromatic nitrogens is 3. The molecule has 0 saturated carbocycles. The van der Waals surface area contributed by atoms with Gasteiger partial charge in [0.05, 0.1) is 30.0 Å². The molecular weight excluding hydrogens is 399 g/mol. The van der Waals surface area contributed by atoms with Gasteiger partial charge in [0.2, 0.25) is 0 Å². The normalized spacial score (nSPS) is 10.4. The van der Waals surface area contributed by atoms with E-state index in [9.17, 15) is 9.18 Å². The number of fused-ring (bicyclic) bond motifs is 1. The molecule has 2 aromatic heterocycles. The van der Waals surface area contributed by atoms with E-state index in [-0.39, 0.29) is 23.1 Å². The lowest BCUT2D eigenvalue weighted by molar-refractivity contribution is 0.101. The summed E-state index contributed by atoms with van der Waals surface area (Å²) < 4.78 is 24.5. The fraction of sp³-hybridized carbons (Fsp3) is 0.0435. The van der Waals surface area contributed by atoms with Crippen LogP contribution in [0.25, 0.3) is 11.0 Å². The molecule has 0 aliphatic heterocycles. The summed E-state index contributed by atoms with van der Waals surface area (Å²) in [6.07, 6.45) is 6.74. The number of amides is 1. The number of carbonyl (C=O) groups is 1. The number of anilines is 1. The summed E-state index contributed by atoms with van der Waals surface area (Å²) in [6, 6.07) is 14.0. The van der Waals surface area contributed by atoms with Crippen LogP contribution in [0.15, 0.2) is 60.8 Å². The van der Waals surface area contributed by atoms with Crippen molar-refractivity contribution in [1.82, 2.24) is 15.0 Å². The number of hydrogen-bond donors (Lipinski definition) is 1. The largest absolute Gasteiger partial charge is 0.493 e. The van der Waals surface area contributed by atoms with Crippen LogP contribution in [-0.2, 0) is 0 Å². The molecule has 2 aromatic carbocycles. The first-order valence-electron chi connectivity index (χ1n) is 9.09. The minimum absolute atomic E-state index is 0.0608. The number of hydrogen-bond acceptors (Lipinski definition) is 6. The van der Waals surface area contributed by atoms with Crippen molar-refractivity contribution < 1.29 is 18.7 Å². The van der Waals surface area contributed by atoms with E-state index in [1.807, 2.05) is 0 Å². The lowest BCUT2D eigenvalue weighted by atomic mass is 10.2. The standard InChI is InChI=1S/C23H15FN4O3/c1-3-15-9-10-16(13-25-15)26-22(29)21-23(28-18-7-5-4-6-17(18)27-21)31-19-11-8-14(24)12-20(19)30-2/h1,4-13H,2H3,(H,26,29). The average Bonchev–Trinajstić information content (AvgIpc) is 2.80. The first kappa shape index (κ1) is 19.8. The molecule has 0 aliphatic rings. The molecule has 0 spiro atoms. The molecule has 2 heterocycles. The predicted octanol–water partition coefficient (Wildman–Crippen LogP) is 4.20. The lowest BCUT2D eigenvalue weighted by Crippen LogP contribution is -2.16. The molecule has 152 valence electrons. The highest BCUT2D eigenvalue weighted by molar-refractivity contribution is 6.05. The number of nitrogens with zero attached hydrogens (tertiary/aromatic N) is 3. The summed E-state index contributed by atoms with van der Waals surface area (Å²) >= 11 is 0. The summed E-state index contributed by atoms with van der Waals surface area (Å²) in [7, 11) is 1.38. The fourth-order valence-electron chi connectivity index (χ4n) is 2.78.